The quantitative estimate of drug-likeness (QED) is 0.0994. The van der Waals surface area contributed by atoms with Gasteiger partial charge in [0, 0.05) is 17.0 Å². The first-order valence-corrected chi connectivity index (χ1v) is 14.9. The van der Waals surface area contributed by atoms with E-state index in [0.717, 1.165) is 35.3 Å². The number of hydrogen-bond donors (Lipinski definition) is 1. The number of unbranched alkanes of at least 4 members (excludes halogenated alkanes) is 2. The van der Waals surface area contributed by atoms with Gasteiger partial charge in [-0.05, 0) is 73.0 Å². The first kappa shape index (κ1) is 27.3. The molecule has 2 aliphatic rings. The predicted molar refractivity (Wildman–Crippen MR) is 161 cm³/mol. The Kier molecular flexibility index (Phi) is 7.45. The first-order valence-electron chi connectivity index (χ1n) is 13.7. The molecular weight excluding hydrogens is 560 g/mol. The molecule has 210 valence electrons. The predicted octanol–water partition coefficient (Wildman–Crippen LogP) is 7.47. The summed E-state index contributed by atoms with van der Waals surface area (Å²) in [7, 11) is 0. The van der Waals surface area contributed by atoms with Gasteiger partial charge in [0.05, 0.1) is 28.4 Å². The molecule has 1 amide bonds. The van der Waals surface area contributed by atoms with Crippen LogP contribution in [0.25, 0.3) is 16.0 Å². The second kappa shape index (κ2) is 11.2. The number of thiazole rings is 1. The molecule has 2 aliphatic heterocycles. The summed E-state index contributed by atoms with van der Waals surface area (Å²) in [6, 6.07) is 17.0. The third kappa shape index (κ3) is 5.18. The Hall–Kier alpha value is -3.88. The van der Waals surface area contributed by atoms with Crippen molar-refractivity contribution in [1.82, 2.24) is 4.98 Å². The zero-order chi connectivity index (χ0) is 28.7. The number of nitrogens with zero attached hydrogens (tertiary/aromatic N) is 2. The minimum Gasteiger partial charge on any atom is -0.507 e. The number of ketones is 1. The van der Waals surface area contributed by atoms with Gasteiger partial charge in [-0.1, -0.05) is 54.8 Å². The van der Waals surface area contributed by atoms with Gasteiger partial charge in [-0.2, -0.15) is 0 Å². The Morgan fingerprint density at radius 2 is 2.00 bits per heavy atom. The molecular formula is C32H29ClN2O5S. The number of ether oxygens (including phenoxy) is 2. The molecule has 2 atom stereocenters. The molecule has 1 fully saturated rings. The van der Waals surface area contributed by atoms with Crippen LogP contribution in [-0.2, 0) is 16.0 Å². The van der Waals surface area contributed by atoms with Crippen molar-refractivity contribution in [3.63, 3.8) is 0 Å². The highest BCUT2D eigenvalue weighted by atomic mass is 35.5. The van der Waals surface area contributed by atoms with Gasteiger partial charge in [0.2, 0.25) is 0 Å². The molecule has 0 aliphatic carbocycles. The van der Waals surface area contributed by atoms with E-state index >= 15 is 0 Å². The number of aliphatic hydroxyl groups excluding tert-OH is 1. The fourth-order valence-corrected chi connectivity index (χ4v) is 6.64. The van der Waals surface area contributed by atoms with Crippen LogP contribution in [0.2, 0.25) is 5.02 Å². The molecule has 3 aromatic carbocycles. The largest absolute Gasteiger partial charge is 0.507 e. The molecule has 0 spiro atoms. The van der Waals surface area contributed by atoms with E-state index in [0.29, 0.717) is 45.6 Å². The molecule has 0 radical (unpaired) electrons. The summed E-state index contributed by atoms with van der Waals surface area (Å²) in [5.41, 5.74) is 2.69. The minimum absolute atomic E-state index is 0.00216. The summed E-state index contributed by atoms with van der Waals surface area (Å²) in [6.45, 7) is 4.67. The molecule has 1 aromatic heterocycles. The van der Waals surface area contributed by atoms with Crippen LogP contribution < -0.4 is 14.4 Å². The lowest BCUT2D eigenvalue weighted by Gasteiger charge is -2.23. The summed E-state index contributed by atoms with van der Waals surface area (Å²) in [5.74, 6) is -0.383. The lowest BCUT2D eigenvalue weighted by Crippen LogP contribution is -2.29. The Morgan fingerprint density at radius 1 is 1.15 bits per heavy atom. The molecule has 6 rings (SSSR count). The molecule has 7 nitrogen and oxygen atoms in total. The lowest BCUT2D eigenvalue weighted by molar-refractivity contribution is -0.132. The van der Waals surface area contributed by atoms with E-state index < -0.39 is 17.7 Å². The van der Waals surface area contributed by atoms with Crippen LogP contribution in [0.15, 0.2) is 66.2 Å². The minimum atomic E-state index is -0.909. The van der Waals surface area contributed by atoms with Gasteiger partial charge in [0.1, 0.15) is 23.4 Å². The van der Waals surface area contributed by atoms with Crippen molar-refractivity contribution >= 4 is 55.7 Å². The highest BCUT2D eigenvalue weighted by Crippen LogP contribution is 2.45. The average molecular weight is 589 g/mol. The van der Waals surface area contributed by atoms with Crippen molar-refractivity contribution < 1.29 is 24.2 Å². The van der Waals surface area contributed by atoms with E-state index in [2.05, 4.69) is 11.9 Å². The second-order valence-electron chi connectivity index (χ2n) is 10.4. The highest BCUT2D eigenvalue weighted by Gasteiger charge is 2.48. The van der Waals surface area contributed by atoms with Crippen LogP contribution >= 0.6 is 22.9 Å². The fraction of sp³-hybridized carbons (Fsp3) is 0.281. The summed E-state index contributed by atoms with van der Waals surface area (Å²) in [4.78, 5) is 33.4. The number of benzene rings is 3. The Labute approximate surface area is 247 Å². The van der Waals surface area contributed by atoms with Crippen LogP contribution in [0, 0.1) is 0 Å². The number of anilines is 1. The summed E-state index contributed by atoms with van der Waals surface area (Å²) < 4.78 is 12.6. The molecule has 0 saturated carbocycles. The van der Waals surface area contributed by atoms with Crippen LogP contribution in [0.4, 0.5) is 5.13 Å². The monoisotopic (exact) mass is 588 g/mol. The number of aliphatic hydroxyl groups is 1. The van der Waals surface area contributed by atoms with E-state index in [1.165, 1.54) is 16.2 Å². The maximum atomic E-state index is 13.7. The molecule has 3 heterocycles. The van der Waals surface area contributed by atoms with Crippen LogP contribution in [0.5, 0.6) is 11.5 Å². The van der Waals surface area contributed by atoms with Gasteiger partial charge in [-0.25, -0.2) is 4.98 Å². The van der Waals surface area contributed by atoms with Crippen molar-refractivity contribution in [2.75, 3.05) is 11.5 Å². The van der Waals surface area contributed by atoms with Crippen molar-refractivity contribution in [2.45, 2.75) is 51.7 Å². The van der Waals surface area contributed by atoms with E-state index in [4.69, 9.17) is 21.1 Å². The Morgan fingerprint density at radius 3 is 2.83 bits per heavy atom. The number of rotatable bonds is 8. The standard InChI is InChI=1S/C32H29ClN2O5S/c1-3-4-5-13-39-23-8-6-7-19(16-23)28-27(29(36)20-9-12-25-21(15-20)14-18(2)40-25)30(37)31(38)35(28)32-34-24-11-10-22(33)17-26(24)41-32/h6-12,15-18,28,36H,3-5,13-14H2,1-2H3/b29-27+. The Balaban J connectivity index is 1.47. The van der Waals surface area contributed by atoms with Gasteiger partial charge >= 0.3 is 5.91 Å². The van der Waals surface area contributed by atoms with E-state index in [1.807, 2.05) is 37.3 Å². The van der Waals surface area contributed by atoms with Gasteiger partial charge in [0.25, 0.3) is 5.78 Å². The van der Waals surface area contributed by atoms with Crippen molar-refractivity contribution in [2.24, 2.45) is 0 Å². The van der Waals surface area contributed by atoms with Crippen molar-refractivity contribution in [3.05, 3.63) is 87.9 Å². The normalized spacial score (nSPS) is 19.5. The molecule has 4 aromatic rings. The number of hydrogen-bond acceptors (Lipinski definition) is 7. The molecule has 1 N–H and O–H groups in total. The average Bonchev–Trinajstić information content (AvgIpc) is 3.62. The maximum absolute atomic E-state index is 13.7. The third-order valence-corrected chi connectivity index (χ3v) is 8.60. The number of Topliss-reactive ketones (excluding diaryl/α,β-unsaturated/α-hetero) is 1. The summed E-state index contributed by atoms with van der Waals surface area (Å²) >= 11 is 7.47. The fourth-order valence-electron chi connectivity index (χ4n) is 5.38. The lowest BCUT2D eigenvalue weighted by atomic mass is 9.94. The number of aromatic nitrogens is 1. The number of halogens is 1. The number of fused-ring (bicyclic) bond motifs is 2. The zero-order valence-corrected chi connectivity index (χ0v) is 24.3. The van der Waals surface area contributed by atoms with Crippen molar-refractivity contribution in [1.29, 1.82) is 0 Å². The summed E-state index contributed by atoms with van der Waals surface area (Å²) in [6.07, 6.45) is 3.79. The van der Waals surface area contributed by atoms with E-state index in [-0.39, 0.29) is 17.4 Å². The SMILES string of the molecule is CCCCCOc1cccc(C2/C(=C(\O)c3ccc4c(c3)CC(C)O4)C(=O)C(=O)N2c2nc3ccc(Cl)cc3s2)c1. The molecule has 9 heteroatoms. The maximum Gasteiger partial charge on any atom is 0.301 e. The van der Waals surface area contributed by atoms with Crippen molar-refractivity contribution in [3.8, 4) is 11.5 Å². The molecule has 1 saturated heterocycles. The van der Waals surface area contributed by atoms with Gasteiger partial charge in [-0.3, -0.25) is 14.5 Å². The van der Waals surface area contributed by atoms with E-state index in [1.54, 1.807) is 30.3 Å². The van der Waals surface area contributed by atoms with Gasteiger partial charge in [-0.15, -0.1) is 0 Å². The van der Waals surface area contributed by atoms with Gasteiger partial charge < -0.3 is 14.6 Å². The topological polar surface area (TPSA) is 89.0 Å². The van der Waals surface area contributed by atoms with Gasteiger partial charge in [0.15, 0.2) is 5.13 Å². The highest BCUT2D eigenvalue weighted by molar-refractivity contribution is 7.22. The van der Waals surface area contributed by atoms with Crippen LogP contribution in [0.1, 0.15) is 55.8 Å². The van der Waals surface area contributed by atoms with Crippen LogP contribution in [0.3, 0.4) is 0 Å². The summed E-state index contributed by atoms with van der Waals surface area (Å²) in [5, 5.41) is 12.5. The second-order valence-corrected chi connectivity index (χ2v) is 11.8. The smallest absolute Gasteiger partial charge is 0.301 e. The third-order valence-electron chi connectivity index (χ3n) is 7.35. The van der Waals surface area contributed by atoms with E-state index in [9.17, 15) is 14.7 Å². The number of carbonyl (C=O) groups excluding carboxylic acids is 2. The number of amides is 1. The van der Waals surface area contributed by atoms with Crippen LogP contribution in [-0.4, -0.2) is 34.5 Å². The zero-order valence-electron chi connectivity index (χ0n) is 22.7. The molecule has 0 bridgehead atoms. The first-order chi connectivity index (χ1) is 19.8. The number of carbonyl (C=O) groups is 2. The molecule has 41 heavy (non-hydrogen) atoms. The molecule has 2 unspecified atom stereocenters. The Bertz CT molecular complexity index is 1700.